The Bertz CT molecular complexity index is 1560. The fourth-order valence-electron chi connectivity index (χ4n) is 5.61. The largest absolute Gasteiger partial charge is 0.493 e. The van der Waals surface area contributed by atoms with Crippen LogP contribution in [0.25, 0.3) is 10.9 Å². The lowest BCUT2D eigenvalue weighted by molar-refractivity contribution is 0.175. The SMILES string of the molecule is COc1cc2c(cc1OC)C(CCc1cccc(F)c1F)N(CCNC(=O)Nc1cc(C)nc3ccccc13)CC2. The van der Waals surface area contributed by atoms with Gasteiger partial charge in [0.25, 0.3) is 0 Å². The van der Waals surface area contributed by atoms with Crippen LogP contribution in [0.1, 0.15) is 34.8 Å². The van der Waals surface area contributed by atoms with Crippen LogP contribution in [0, 0.1) is 18.6 Å². The van der Waals surface area contributed by atoms with E-state index in [1.807, 2.05) is 49.4 Å². The van der Waals surface area contributed by atoms with Crippen molar-refractivity contribution in [3.05, 3.63) is 94.7 Å². The van der Waals surface area contributed by atoms with Gasteiger partial charge in [0.2, 0.25) is 0 Å². The number of pyridine rings is 1. The number of halogens is 2. The first kappa shape index (κ1) is 28.3. The zero-order valence-electron chi connectivity index (χ0n) is 23.5. The summed E-state index contributed by atoms with van der Waals surface area (Å²) in [6.07, 6.45) is 1.72. The van der Waals surface area contributed by atoms with Crippen LogP contribution >= 0.6 is 0 Å². The van der Waals surface area contributed by atoms with E-state index in [2.05, 4.69) is 20.5 Å². The fourth-order valence-corrected chi connectivity index (χ4v) is 5.61. The summed E-state index contributed by atoms with van der Waals surface area (Å²) >= 11 is 0. The number of hydrogen-bond acceptors (Lipinski definition) is 5. The van der Waals surface area contributed by atoms with Crippen LogP contribution in [0.2, 0.25) is 0 Å². The van der Waals surface area contributed by atoms with E-state index in [4.69, 9.17) is 9.47 Å². The lowest BCUT2D eigenvalue weighted by Crippen LogP contribution is -2.42. The number of hydrogen-bond donors (Lipinski definition) is 2. The Kier molecular flexibility index (Phi) is 8.64. The van der Waals surface area contributed by atoms with Crippen molar-refractivity contribution in [3.8, 4) is 11.5 Å². The minimum atomic E-state index is -0.845. The molecule has 1 atom stereocenters. The molecule has 1 aromatic heterocycles. The van der Waals surface area contributed by atoms with Crippen LogP contribution in [0.5, 0.6) is 11.5 Å². The molecule has 0 spiro atoms. The van der Waals surface area contributed by atoms with Gasteiger partial charge in [0.05, 0.1) is 25.4 Å². The van der Waals surface area contributed by atoms with E-state index in [0.29, 0.717) is 48.7 Å². The van der Waals surface area contributed by atoms with Crippen molar-refractivity contribution in [2.75, 3.05) is 39.2 Å². The number of benzene rings is 3. The van der Waals surface area contributed by atoms with Crippen molar-refractivity contribution >= 4 is 22.6 Å². The van der Waals surface area contributed by atoms with Crippen molar-refractivity contribution in [1.29, 1.82) is 0 Å². The third kappa shape index (κ3) is 6.25. The molecular weight excluding hydrogens is 526 g/mol. The maximum absolute atomic E-state index is 14.5. The number of nitrogens with zero attached hydrogens (tertiary/aromatic N) is 2. The van der Waals surface area contributed by atoms with Crippen LogP contribution < -0.4 is 20.1 Å². The van der Waals surface area contributed by atoms with Crippen molar-refractivity contribution in [2.24, 2.45) is 0 Å². The molecule has 4 aromatic rings. The predicted molar refractivity (Wildman–Crippen MR) is 156 cm³/mol. The highest BCUT2D eigenvalue weighted by atomic mass is 19.2. The lowest BCUT2D eigenvalue weighted by Gasteiger charge is -2.38. The first-order chi connectivity index (χ1) is 19.9. The monoisotopic (exact) mass is 560 g/mol. The highest BCUT2D eigenvalue weighted by Gasteiger charge is 2.29. The topological polar surface area (TPSA) is 75.7 Å². The molecule has 1 aliphatic rings. The van der Waals surface area contributed by atoms with Gasteiger partial charge in [0.15, 0.2) is 23.1 Å². The molecule has 0 fully saturated rings. The van der Waals surface area contributed by atoms with Gasteiger partial charge in [-0.1, -0.05) is 30.3 Å². The molecule has 41 heavy (non-hydrogen) atoms. The molecule has 214 valence electrons. The van der Waals surface area contributed by atoms with E-state index in [0.717, 1.165) is 46.8 Å². The molecule has 5 rings (SSSR count). The Morgan fingerprint density at radius 3 is 2.63 bits per heavy atom. The van der Waals surface area contributed by atoms with Gasteiger partial charge in [-0.25, -0.2) is 13.6 Å². The quantitative estimate of drug-likeness (QED) is 0.255. The number of ether oxygens (including phenoxy) is 2. The van der Waals surface area contributed by atoms with Gasteiger partial charge in [-0.2, -0.15) is 0 Å². The average molecular weight is 561 g/mol. The van der Waals surface area contributed by atoms with Gasteiger partial charge in [-0.3, -0.25) is 9.88 Å². The molecular formula is C32H34F2N4O3. The normalized spacial score (nSPS) is 14.9. The number of fused-ring (bicyclic) bond motifs is 2. The average Bonchev–Trinajstić information content (AvgIpc) is 2.97. The summed E-state index contributed by atoms with van der Waals surface area (Å²) < 4.78 is 39.4. The van der Waals surface area contributed by atoms with E-state index in [9.17, 15) is 13.6 Å². The van der Waals surface area contributed by atoms with Crippen LogP contribution in [0.15, 0.2) is 60.7 Å². The summed E-state index contributed by atoms with van der Waals surface area (Å²) in [5.41, 5.74) is 4.88. The van der Waals surface area contributed by atoms with E-state index >= 15 is 0 Å². The van der Waals surface area contributed by atoms with Crippen molar-refractivity contribution < 1.29 is 23.0 Å². The number of aromatic nitrogens is 1. The van der Waals surface area contributed by atoms with Crippen LogP contribution in [0.3, 0.4) is 0 Å². The van der Waals surface area contributed by atoms with Crippen LogP contribution in [-0.2, 0) is 12.8 Å². The molecule has 7 nitrogen and oxygen atoms in total. The molecule has 3 aromatic carbocycles. The van der Waals surface area contributed by atoms with E-state index in [1.54, 1.807) is 20.3 Å². The minimum Gasteiger partial charge on any atom is -0.493 e. The third-order valence-corrected chi connectivity index (χ3v) is 7.61. The number of urea groups is 1. The maximum Gasteiger partial charge on any atom is 0.319 e. The van der Waals surface area contributed by atoms with Crippen LogP contribution in [-0.4, -0.2) is 49.8 Å². The molecule has 1 aliphatic heterocycles. The predicted octanol–water partition coefficient (Wildman–Crippen LogP) is 6.19. The number of rotatable bonds is 9. The highest BCUT2D eigenvalue weighted by molar-refractivity contribution is 6.00. The van der Waals surface area contributed by atoms with Crippen molar-refractivity contribution in [2.45, 2.75) is 32.2 Å². The Balaban J connectivity index is 1.31. The van der Waals surface area contributed by atoms with E-state index < -0.39 is 11.6 Å². The third-order valence-electron chi connectivity index (χ3n) is 7.61. The molecule has 9 heteroatoms. The minimum absolute atomic E-state index is 0.0853. The lowest BCUT2D eigenvalue weighted by atomic mass is 9.88. The van der Waals surface area contributed by atoms with Crippen LogP contribution in [0.4, 0.5) is 19.3 Å². The summed E-state index contributed by atoms with van der Waals surface area (Å²) in [7, 11) is 3.20. The molecule has 0 saturated carbocycles. The van der Waals surface area contributed by atoms with Gasteiger partial charge in [-0.15, -0.1) is 0 Å². The molecule has 2 amide bonds. The molecule has 0 aliphatic carbocycles. The first-order valence-corrected chi connectivity index (χ1v) is 13.7. The maximum atomic E-state index is 14.5. The molecule has 0 saturated heterocycles. The summed E-state index contributed by atoms with van der Waals surface area (Å²) in [6, 6.07) is 17.4. The summed E-state index contributed by atoms with van der Waals surface area (Å²) in [4.78, 5) is 19.7. The second kappa shape index (κ2) is 12.5. The number of para-hydroxylation sites is 1. The molecule has 2 heterocycles. The van der Waals surface area contributed by atoms with Crippen molar-refractivity contribution in [3.63, 3.8) is 0 Å². The van der Waals surface area contributed by atoms with Gasteiger partial charge in [-0.05, 0) is 73.2 Å². The number of amides is 2. The van der Waals surface area contributed by atoms with Gasteiger partial charge in [0.1, 0.15) is 0 Å². The van der Waals surface area contributed by atoms with Gasteiger partial charge in [0, 0.05) is 36.8 Å². The fraction of sp³-hybridized carbons (Fsp3) is 0.312. The number of carbonyl (C=O) groups is 1. The smallest absolute Gasteiger partial charge is 0.319 e. The zero-order chi connectivity index (χ0) is 28.9. The Labute approximate surface area is 238 Å². The standard InChI is InChI=1S/C32H34F2N4O3/c1-20-17-27(23-8-4-5-10-26(23)36-20)37-32(39)35-14-16-38-15-13-22-18-29(40-2)30(41-3)19-24(22)28(38)12-11-21-7-6-9-25(33)31(21)34/h4-10,17-19,28H,11-16H2,1-3H3,(H2,35,36,37,39). The van der Waals surface area contributed by atoms with Crippen molar-refractivity contribution in [1.82, 2.24) is 15.2 Å². The second-order valence-electron chi connectivity index (χ2n) is 10.2. The number of aryl methyl sites for hydroxylation is 2. The highest BCUT2D eigenvalue weighted by Crippen LogP contribution is 2.40. The summed E-state index contributed by atoms with van der Waals surface area (Å²) in [6.45, 7) is 3.62. The number of nitrogens with one attached hydrogen (secondary N) is 2. The molecule has 0 bridgehead atoms. The summed E-state index contributed by atoms with van der Waals surface area (Å²) in [5.74, 6) is -0.374. The number of anilines is 1. The summed E-state index contributed by atoms with van der Waals surface area (Å²) in [5, 5.41) is 6.80. The number of methoxy groups -OCH3 is 2. The van der Waals surface area contributed by atoms with E-state index in [1.165, 1.54) is 6.07 Å². The first-order valence-electron chi connectivity index (χ1n) is 13.7. The number of carbonyl (C=O) groups excluding carboxylic acids is 1. The van der Waals surface area contributed by atoms with Gasteiger partial charge < -0.3 is 20.1 Å². The van der Waals surface area contributed by atoms with E-state index in [-0.39, 0.29) is 12.1 Å². The second-order valence-corrected chi connectivity index (χ2v) is 10.2. The Morgan fingerprint density at radius 1 is 1.05 bits per heavy atom. The zero-order valence-corrected chi connectivity index (χ0v) is 23.5. The Morgan fingerprint density at radius 2 is 1.83 bits per heavy atom. The Hall–Kier alpha value is -4.24. The molecule has 0 radical (unpaired) electrons. The molecule has 1 unspecified atom stereocenters. The molecule has 2 N–H and O–H groups in total. The van der Waals surface area contributed by atoms with Gasteiger partial charge >= 0.3 is 6.03 Å².